The van der Waals surface area contributed by atoms with Crippen LogP contribution in [0.3, 0.4) is 0 Å². The Morgan fingerprint density at radius 1 is 1.04 bits per heavy atom. The van der Waals surface area contributed by atoms with Crippen LogP contribution in [0.5, 0.6) is 5.75 Å². The van der Waals surface area contributed by atoms with Gasteiger partial charge in [-0.1, -0.05) is 11.6 Å². The maximum Gasteiger partial charge on any atom is 0.387 e. The van der Waals surface area contributed by atoms with E-state index in [1.807, 2.05) is 0 Å². The molecule has 0 saturated heterocycles. The average Bonchev–Trinajstić information content (AvgIpc) is 2.60. The monoisotopic (exact) mass is 432 g/mol. The van der Waals surface area contributed by atoms with E-state index in [9.17, 15) is 26.8 Å². The Labute approximate surface area is 164 Å². The molecule has 150 valence electrons. The van der Waals surface area contributed by atoms with Gasteiger partial charge in [-0.3, -0.25) is 4.79 Å². The van der Waals surface area contributed by atoms with Gasteiger partial charge < -0.3 is 9.47 Å². The van der Waals surface area contributed by atoms with Gasteiger partial charge in [-0.25, -0.2) is 13.2 Å². The zero-order chi connectivity index (χ0) is 21.1. The molecule has 0 fully saturated rings. The largest absolute Gasteiger partial charge is 0.451 e. The van der Waals surface area contributed by atoms with Gasteiger partial charge in [0.2, 0.25) is 5.78 Å². The van der Waals surface area contributed by atoms with Gasteiger partial charge in [0.25, 0.3) is 0 Å². The number of esters is 1. The number of alkyl halides is 2. The molecule has 0 spiro atoms. The molecule has 0 aliphatic rings. The molecule has 0 N–H and O–H groups in total. The molecule has 0 aliphatic heterocycles. The summed E-state index contributed by atoms with van der Waals surface area (Å²) in [4.78, 5) is 24.3. The lowest BCUT2D eigenvalue weighted by Gasteiger charge is -2.13. The minimum Gasteiger partial charge on any atom is -0.451 e. The number of halogens is 3. The molecule has 0 saturated carbocycles. The van der Waals surface area contributed by atoms with Gasteiger partial charge >= 0.3 is 12.6 Å². The highest BCUT2D eigenvalue weighted by atomic mass is 35.5. The first-order valence-corrected chi connectivity index (χ1v) is 10.1. The second kappa shape index (κ2) is 8.66. The predicted octanol–water partition coefficient (Wildman–Crippen LogP) is 3.77. The first kappa shape index (κ1) is 21.8. The molecular weight excluding hydrogens is 418 g/mol. The van der Waals surface area contributed by atoms with Gasteiger partial charge in [-0.05, 0) is 49.4 Å². The zero-order valence-electron chi connectivity index (χ0n) is 14.7. The summed E-state index contributed by atoms with van der Waals surface area (Å²) < 4.78 is 56.9. The summed E-state index contributed by atoms with van der Waals surface area (Å²) in [6.07, 6.45) is -0.261. The Morgan fingerprint density at radius 2 is 1.61 bits per heavy atom. The van der Waals surface area contributed by atoms with E-state index in [2.05, 4.69) is 4.74 Å². The first-order valence-electron chi connectivity index (χ1n) is 7.78. The fourth-order valence-electron chi connectivity index (χ4n) is 2.23. The van der Waals surface area contributed by atoms with Crippen molar-refractivity contribution in [2.24, 2.45) is 0 Å². The molecule has 6 nitrogen and oxygen atoms in total. The van der Waals surface area contributed by atoms with Crippen molar-refractivity contribution >= 4 is 33.2 Å². The van der Waals surface area contributed by atoms with Crippen LogP contribution in [0.1, 0.15) is 27.6 Å². The molecule has 0 bridgehead atoms. The van der Waals surface area contributed by atoms with E-state index in [4.69, 9.17) is 16.3 Å². The third-order valence-electron chi connectivity index (χ3n) is 3.58. The molecule has 0 amide bonds. The van der Waals surface area contributed by atoms with Crippen molar-refractivity contribution < 1.29 is 36.3 Å². The third-order valence-corrected chi connectivity index (χ3v) is 5.16. The first-order chi connectivity index (χ1) is 13.0. The fourth-order valence-corrected chi connectivity index (χ4v) is 3.53. The lowest BCUT2D eigenvalue weighted by molar-refractivity contribution is -0.0498. The van der Waals surface area contributed by atoms with Gasteiger partial charge in [0.15, 0.2) is 15.9 Å². The number of sulfone groups is 1. The predicted molar refractivity (Wildman–Crippen MR) is 96.8 cm³/mol. The Hall–Kier alpha value is -2.52. The Morgan fingerprint density at radius 3 is 2.14 bits per heavy atom. The van der Waals surface area contributed by atoms with Gasteiger partial charge in [0.1, 0.15) is 5.75 Å². The molecule has 0 radical (unpaired) electrons. The number of hydrogen-bond acceptors (Lipinski definition) is 6. The van der Waals surface area contributed by atoms with Crippen molar-refractivity contribution in [1.29, 1.82) is 0 Å². The van der Waals surface area contributed by atoms with Crippen LogP contribution in [0, 0.1) is 0 Å². The third kappa shape index (κ3) is 5.49. The van der Waals surface area contributed by atoms with Crippen LogP contribution in [0.25, 0.3) is 0 Å². The summed E-state index contributed by atoms with van der Waals surface area (Å²) in [6, 6.07) is 8.46. The molecule has 0 heterocycles. The number of ketones is 1. The second-order valence-electron chi connectivity index (χ2n) is 5.73. The molecule has 28 heavy (non-hydrogen) atoms. The fraction of sp³-hybridized carbons (Fsp3) is 0.222. The van der Waals surface area contributed by atoms with Crippen LogP contribution < -0.4 is 4.74 Å². The highest BCUT2D eigenvalue weighted by molar-refractivity contribution is 7.90. The molecule has 2 aromatic carbocycles. The van der Waals surface area contributed by atoms with Crippen molar-refractivity contribution in [3.05, 3.63) is 58.6 Å². The van der Waals surface area contributed by atoms with Gasteiger partial charge in [-0.2, -0.15) is 8.78 Å². The van der Waals surface area contributed by atoms with Crippen LogP contribution in [0.4, 0.5) is 8.78 Å². The highest BCUT2D eigenvalue weighted by Crippen LogP contribution is 2.23. The minimum absolute atomic E-state index is 0.0470. The van der Waals surface area contributed by atoms with Crippen LogP contribution >= 0.6 is 11.6 Å². The summed E-state index contributed by atoms with van der Waals surface area (Å²) in [5.41, 5.74) is 0.0278. The Bertz CT molecular complexity index is 990. The molecule has 10 heteroatoms. The van der Waals surface area contributed by atoms with Crippen LogP contribution in [0.15, 0.2) is 47.4 Å². The zero-order valence-corrected chi connectivity index (χ0v) is 16.3. The summed E-state index contributed by atoms with van der Waals surface area (Å²) in [6.45, 7) is -1.66. The van der Waals surface area contributed by atoms with Crippen LogP contribution in [0.2, 0.25) is 5.02 Å². The van der Waals surface area contributed by atoms with Crippen molar-refractivity contribution in [3.8, 4) is 5.75 Å². The summed E-state index contributed by atoms with van der Waals surface area (Å²) in [7, 11) is -3.66. The number of benzene rings is 2. The maximum absolute atomic E-state index is 12.3. The molecular formula is C18H15ClF2O6S. The minimum atomic E-state index is -3.66. The number of ether oxygens (including phenoxy) is 2. The van der Waals surface area contributed by atoms with E-state index in [1.165, 1.54) is 43.3 Å². The quantitative estimate of drug-likeness (QED) is 0.489. The van der Waals surface area contributed by atoms with Crippen molar-refractivity contribution in [1.82, 2.24) is 0 Å². The SMILES string of the molecule is C[C@@H](OC(=O)c1ccc(Cl)c(S(C)(=O)=O)c1)C(=O)c1ccc(OC(F)F)cc1. The molecule has 2 aromatic rings. The van der Waals surface area contributed by atoms with Gasteiger partial charge in [-0.15, -0.1) is 0 Å². The normalized spacial score (nSPS) is 12.5. The van der Waals surface area contributed by atoms with Gasteiger partial charge in [0, 0.05) is 11.8 Å². The Kier molecular flexibility index (Phi) is 6.73. The van der Waals surface area contributed by atoms with E-state index in [-0.39, 0.29) is 26.8 Å². The molecule has 0 unspecified atom stereocenters. The van der Waals surface area contributed by atoms with E-state index < -0.39 is 34.3 Å². The number of rotatable bonds is 7. The molecule has 0 aromatic heterocycles. The summed E-state index contributed by atoms with van der Waals surface area (Å²) in [5, 5.41) is -0.0470. The van der Waals surface area contributed by atoms with Crippen LogP contribution in [-0.2, 0) is 14.6 Å². The van der Waals surface area contributed by atoms with E-state index in [0.717, 1.165) is 12.3 Å². The summed E-state index contributed by atoms with van der Waals surface area (Å²) in [5.74, 6) is -1.61. The number of carbonyl (C=O) groups excluding carboxylic acids is 2. The van der Waals surface area contributed by atoms with E-state index in [0.29, 0.717) is 0 Å². The Balaban J connectivity index is 2.12. The topological polar surface area (TPSA) is 86.7 Å². The maximum atomic E-state index is 12.3. The lowest BCUT2D eigenvalue weighted by atomic mass is 10.1. The standard InChI is InChI=1S/C18H15ClF2O6S/c1-10(16(22)11-3-6-13(7-4-11)27-18(20)21)26-17(23)12-5-8-14(19)15(9-12)28(2,24)25/h3-10,18H,1-2H3/t10-/m1/s1. The molecule has 2 rings (SSSR count). The number of carbonyl (C=O) groups is 2. The van der Waals surface area contributed by atoms with E-state index >= 15 is 0 Å². The second-order valence-corrected chi connectivity index (χ2v) is 8.12. The van der Waals surface area contributed by atoms with Crippen LogP contribution in [-0.4, -0.2) is 39.1 Å². The van der Waals surface area contributed by atoms with Crippen molar-refractivity contribution in [3.63, 3.8) is 0 Å². The number of Topliss-reactive ketones (excluding diaryl/α,β-unsaturated/α-hetero) is 1. The van der Waals surface area contributed by atoms with Gasteiger partial charge in [0.05, 0.1) is 15.5 Å². The van der Waals surface area contributed by atoms with E-state index in [1.54, 1.807) is 0 Å². The number of hydrogen-bond donors (Lipinski definition) is 0. The molecule has 1 atom stereocenters. The summed E-state index contributed by atoms with van der Waals surface area (Å²) >= 11 is 5.82. The smallest absolute Gasteiger partial charge is 0.387 e. The highest BCUT2D eigenvalue weighted by Gasteiger charge is 2.22. The lowest BCUT2D eigenvalue weighted by Crippen LogP contribution is -2.24. The van der Waals surface area contributed by atoms with Crippen molar-refractivity contribution in [2.75, 3.05) is 6.26 Å². The molecule has 0 aliphatic carbocycles. The van der Waals surface area contributed by atoms with Crippen molar-refractivity contribution in [2.45, 2.75) is 24.5 Å². The average molecular weight is 433 g/mol.